The first-order chi connectivity index (χ1) is 13.1. The predicted octanol–water partition coefficient (Wildman–Crippen LogP) is 3.24. The minimum Gasteiger partial charge on any atom is -0.497 e. The van der Waals surface area contributed by atoms with Crippen molar-refractivity contribution in [1.29, 1.82) is 0 Å². The Morgan fingerprint density at radius 3 is 2.33 bits per heavy atom. The number of halogens is 1. The summed E-state index contributed by atoms with van der Waals surface area (Å²) in [6.45, 7) is 3.93. The maximum absolute atomic E-state index is 12.5. The lowest BCUT2D eigenvalue weighted by Gasteiger charge is -2.35. The average molecular weight is 389 g/mol. The van der Waals surface area contributed by atoms with E-state index in [0.29, 0.717) is 11.4 Å². The highest BCUT2D eigenvalue weighted by Gasteiger charge is 2.22. The van der Waals surface area contributed by atoms with Gasteiger partial charge in [-0.1, -0.05) is 23.7 Å². The molecule has 144 valence electrons. The summed E-state index contributed by atoms with van der Waals surface area (Å²) in [6, 6.07) is 13.3. The van der Waals surface area contributed by atoms with E-state index in [-0.39, 0.29) is 5.91 Å². The maximum atomic E-state index is 12.5. The summed E-state index contributed by atoms with van der Waals surface area (Å²) >= 11 is 5.90. The molecule has 6 heteroatoms. The van der Waals surface area contributed by atoms with Gasteiger partial charge in [0.2, 0.25) is 5.91 Å². The Balaban J connectivity index is 1.54. The zero-order valence-electron chi connectivity index (χ0n) is 15.8. The van der Waals surface area contributed by atoms with Crippen LogP contribution >= 0.6 is 11.6 Å². The van der Waals surface area contributed by atoms with Gasteiger partial charge >= 0.3 is 0 Å². The number of nitrogens with zero attached hydrogens (tertiary/aromatic N) is 2. The Bertz CT molecular complexity index is 771. The Kier molecular flexibility index (Phi) is 6.58. The van der Waals surface area contributed by atoms with Crippen LogP contribution in [0.4, 0.5) is 0 Å². The average Bonchev–Trinajstić information content (AvgIpc) is 2.70. The standard InChI is InChI=1S/C21H25ClN2O3/c1-26-19-7-8-20(27-2)17(14-19)15-23-9-11-24(12-10-23)21(25)13-16-3-5-18(22)6-4-16/h3-8,14H,9-13,15H2,1-2H3. The minimum atomic E-state index is 0.163. The zero-order chi connectivity index (χ0) is 19.2. The fraction of sp³-hybridized carbons (Fsp3) is 0.381. The van der Waals surface area contributed by atoms with Crippen LogP contribution in [0, 0.1) is 0 Å². The van der Waals surface area contributed by atoms with Gasteiger partial charge in [-0.2, -0.15) is 0 Å². The normalized spacial score (nSPS) is 14.9. The van der Waals surface area contributed by atoms with Gasteiger partial charge in [0, 0.05) is 43.3 Å². The molecule has 1 saturated heterocycles. The number of hydrogen-bond acceptors (Lipinski definition) is 4. The van der Waals surface area contributed by atoms with E-state index < -0.39 is 0 Å². The van der Waals surface area contributed by atoms with Crippen molar-refractivity contribution in [3.63, 3.8) is 0 Å². The number of rotatable bonds is 6. The highest BCUT2D eigenvalue weighted by atomic mass is 35.5. The highest BCUT2D eigenvalue weighted by Crippen LogP contribution is 2.25. The lowest BCUT2D eigenvalue weighted by Crippen LogP contribution is -2.48. The first kappa shape index (κ1) is 19.5. The van der Waals surface area contributed by atoms with Crippen molar-refractivity contribution in [2.45, 2.75) is 13.0 Å². The molecule has 2 aromatic rings. The van der Waals surface area contributed by atoms with E-state index in [1.165, 1.54) is 0 Å². The summed E-state index contributed by atoms with van der Waals surface area (Å²) in [7, 11) is 3.34. The number of benzene rings is 2. The topological polar surface area (TPSA) is 42.0 Å². The number of hydrogen-bond donors (Lipinski definition) is 0. The van der Waals surface area contributed by atoms with E-state index in [9.17, 15) is 4.79 Å². The van der Waals surface area contributed by atoms with Crippen LogP contribution in [0.2, 0.25) is 5.02 Å². The van der Waals surface area contributed by atoms with Crippen LogP contribution in [0.25, 0.3) is 0 Å². The molecule has 2 aromatic carbocycles. The van der Waals surface area contributed by atoms with Gasteiger partial charge in [-0.3, -0.25) is 9.69 Å². The summed E-state index contributed by atoms with van der Waals surface area (Å²) in [4.78, 5) is 16.8. The molecule has 1 aliphatic rings. The molecule has 0 bridgehead atoms. The number of methoxy groups -OCH3 is 2. The van der Waals surface area contributed by atoms with Crippen LogP contribution in [-0.2, 0) is 17.8 Å². The molecular weight excluding hydrogens is 364 g/mol. The van der Waals surface area contributed by atoms with Gasteiger partial charge in [-0.15, -0.1) is 0 Å². The van der Waals surface area contributed by atoms with Crippen molar-refractivity contribution in [3.8, 4) is 11.5 Å². The molecule has 0 atom stereocenters. The summed E-state index contributed by atoms with van der Waals surface area (Å²) in [5.74, 6) is 1.84. The zero-order valence-corrected chi connectivity index (χ0v) is 16.5. The third-order valence-corrected chi connectivity index (χ3v) is 5.13. The molecule has 0 aliphatic carbocycles. The summed E-state index contributed by atoms with van der Waals surface area (Å²) in [6.07, 6.45) is 0.418. The molecular formula is C21H25ClN2O3. The molecule has 5 nitrogen and oxygen atoms in total. The fourth-order valence-corrected chi connectivity index (χ4v) is 3.42. The SMILES string of the molecule is COc1ccc(OC)c(CN2CCN(C(=O)Cc3ccc(Cl)cc3)CC2)c1. The van der Waals surface area contributed by atoms with Gasteiger partial charge in [-0.05, 0) is 35.9 Å². The van der Waals surface area contributed by atoms with Crippen LogP contribution < -0.4 is 9.47 Å². The number of carbonyl (C=O) groups excluding carboxylic acids is 1. The van der Waals surface area contributed by atoms with E-state index in [4.69, 9.17) is 21.1 Å². The lowest BCUT2D eigenvalue weighted by molar-refractivity contribution is -0.132. The monoisotopic (exact) mass is 388 g/mol. The summed E-state index contributed by atoms with van der Waals surface area (Å²) in [5, 5.41) is 0.688. The molecule has 0 aromatic heterocycles. The van der Waals surface area contributed by atoms with Gasteiger partial charge in [0.25, 0.3) is 0 Å². The van der Waals surface area contributed by atoms with Crippen molar-refractivity contribution >= 4 is 17.5 Å². The smallest absolute Gasteiger partial charge is 0.227 e. The van der Waals surface area contributed by atoms with Gasteiger partial charge in [-0.25, -0.2) is 0 Å². The van der Waals surface area contributed by atoms with Crippen LogP contribution in [0.1, 0.15) is 11.1 Å². The lowest BCUT2D eigenvalue weighted by atomic mass is 10.1. The highest BCUT2D eigenvalue weighted by molar-refractivity contribution is 6.30. The molecule has 3 rings (SSSR count). The molecule has 0 unspecified atom stereocenters. The van der Waals surface area contributed by atoms with Gasteiger partial charge in [0.15, 0.2) is 0 Å². The van der Waals surface area contributed by atoms with E-state index in [1.807, 2.05) is 47.4 Å². The van der Waals surface area contributed by atoms with Crippen molar-refractivity contribution in [2.75, 3.05) is 40.4 Å². The number of amides is 1. The second kappa shape index (κ2) is 9.11. The quantitative estimate of drug-likeness (QED) is 0.761. The van der Waals surface area contributed by atoms with E-state index >= 15 is 0 Å². The summed E-state index contributed by atoms with van der Waals surface area (Å²) in [5.41, 5.74) is 2.09. The van der Waals surface area contributed by atoms with Crippen molar-refractivity contribution < 1.29 is 14.3 Å². The number of piperazine rings is 1. The Morgan fingerprint density at radius 1 is 1.00 bits per heavy atom. The largest absolute Gasteiger partial charge is 0.497 e. The molecule has 0 spiro atoms. The fourth-order valence-electron chi connectivity index (χ4n) is 3.29. The Labute approximate surface area is 165 Å². The molecule has 1 aliphatic heterocycles. The summed E-state index contributed by atoms with van der Waals surface area (Å²) < 4.78 is 10.8. The van der Waals surface area contributed by atoms with E-state index in [1.54, 1.807) is 14.2 Å². The predicted molar refractivity (Wildman–Crippen MR) is 107 cm³/mol. The Morgan fingerprint density at radius 2 is 1.70 bits per heavy atom. The first-order valence-corrected chi connectivity index (χ1v) is 9.42. The molecule has 1 amide bonds. The van der Waals surface area contributed by atoms with Crippen LogP contribution in [-0.4, -0.2) is 56.1 Å². The van der Waals surface area contributed by atoms with Crippen LogP contribution in [0.15, 0.2) is 42.5 Å². The molecule has 0 saturated carbocycles. The maximum Gasteiger partial charge on any atom is 0.227 e. The van der Waals surface area contributed by atoms with Gasteiger partial charge < -0.3 is 14.4 Å². The molecule has 1 fully saturated rings. The van der Waals surface area contributed by atoms with Crippen molar-refractivity contribution in [2.24, 2.45) is 0 Å². The van der Waals surface area contributed by atoms with E-state index in [2.05, 4.69) is 4.90 Å². The second-order valence-electron chi connectivity index (χ2n) is 6.64. The molecule has 1 heterocycles. The number of carbonyl (C=O) groups is 1. The van der Waals surface area contributed by atoms with Gasteiger partial charge in [0.05, 0.1) is 20.6 Å². The van der Waals surface area contributed by atoms with Crippen molar-refractivity contribution in [3.05, 3.63) is 58.6 Å². The van der Waals surface area contributed by atoms with Gasteiger partial charge in [0.1, 0.15) is 11.5 Å². The minimum absolute atomic E-state index is 0.163. The second-order valence-corrected chi connectivity index (χ2v) is 7.07. The van der Waals surface area contributed by atoms with E-state index in [0.717, 1.165) is 55.3 Å². The molecule has 27 heavy (non-hydrogen) atoms. The van der Waals surface area contributed by atoms with Crippen LogP contribution in [0.3, 0.4) is 0 Å². The first-order valence-electron chi connectivity index (χ1n) is 9.04. The van der Waals surface area contributed by atoms with Crippen LogP contribution in [0.5, 0.6) is 11.5 Å². The van der Waals surface area contributed by atoms with Crippen molar-refractivity contribution in [1.82, 2.24) is 9.80 Å². The third kappa shape index (κ3) is 5.15. The molecule has 0 radical (unpaired) electrons. The Hall–Kier alpha value is -2.24. The number of ether oxygens (including phenoxy) is 2. The molecule has 0 N–H and O–H groups in total. The third-order valence-electron chi connectivity index (χ3n) is 4.88.